The number of hydrogen-bond donors (Lipinski definition) is 0. The Bertz CT molecular complexity index is 1800. The molecule has 0 N–H and O–H groups in total. The maximum absolute atomic E-state index is 2.44. The van der Waals surface area contributed by atoms with E-state index in [0.29, 0.717) is 0 Å². The first-order valence-corrected chi connectivity index (χ1v) is 18.2. The third-order valence-corrected chi connectivity index (χ3v) is 13.9. The van der Waals surface area contributed by atoms with Crippen LogP contribution >= 0.6 is 0 Å². The normalized spacial score (nSPS) is 12.0. The minimum atomic E-state index is -0.553. The van der Waals surface area contributed by atoms with Gasteiger partial charge in [-0.05, 0) is 33.2 Å². The second kappa shape index (κ2) is 13.0. The van der Waals surface area contributed by atoms with Gasteiger partial charge in [-0.2, -0.15) is 0 Å². The average Bonchev–Trinajstić information content (AvgIpc) is 3.02. The van der Waals surface area contributed by atoms with Gasteiger partial charge < -0.3 is 0 Å². The van der Waals surface area contributed by atoms with E-state index < -0.39 is 5.41 Å². The molecule has 0 spiro atoms. The van der Waals surface area contributed by atoms with Crippen LogP contribution in [0.25, 0.3) is 0 Å². The molecule has 0 aromatic heterocycles. The summed E-state index contributed by atoms with van der Waals surface area (Å²) in [5, 5.41) is 0. The van der Waals surface area contributed by atoms with Crippen molar-refractivity contribution in [2.24, 2.45) is 0 Å². The molecular formula is C29H47B19. The minimum absolute atomic E-state index is 0.0856. The summed E-state index contributed by atoms with van der Waals surface area (Å²) in [6.45, 7) is 7.33. The third-order valence-electron chi connectivity index (χ3n) is 13.9. The summed E-state index contributed by atoms with van der Waals surface area (Å²) < 4.78 is 0. The molecule has 0 fully saturated rings. The Hall–Kier alpha value is -1.89. The zero-order chi connectivity index (χ0) is 36.9. The lowest BCUT2D eigenvalue weighted by Gasteiger charge is -2.50. The average molecular weight is 601 g/mol. The van der Waals surface area contributed by atoms with E-state index in [1.54, 1.807) is 0 Å². The van der Waals surface area contributed by atoms with Crippen molar-refractivity contribution in [1.29, 1.82) is 0 Å². The van der Waals surface area contributed by atoms with Crippen LogP contribution in [0.5, 0.6) is 0 Å². The van der Waals surface area contributed by atoms with Gasteiger partial charge in [0.1, 0.15) is 149 Å². The second-order valence-corrected chi connectivity index (χ2v) is 16.8. The maximum Gasteiger partial charge on any atom is 0.138 e. The molecule has 0 heterocycles. The van der Waals surface area contributed by atoms with Crippen molar-refractivity contribution in [2.45, 2.75) is 31.6 Å². The van der Waals surface area contributed by atoms with Crippen LogP contribution in [0.3, 0.4) is 0 Å². The fraction of sp³-hybridized carbons (Fsp3) is 0.172. The van der Waals surface area contributed by atoms with E-state index in [9.17, 15) is 0 Å². The quantitative estimate of drug-likeness (QED) is 0.161. The van der Waals surface area contributed by atoms with Crippen LogP contribution < -0.4 is 104 Å². The Balaban J connectivity index is 2.77. The molecule has 0 aliphatic rings. The molecule has 4 aromatic carbocycles. The molecule has 0 unspecified atom stereocenters. The number of hydrogen-bond acceptors (Lipinski definition) is 0. The first-order chi connectivity index (χ1) is 21.9. The predicted molar refractivity (Wildman–Crippen MR) is 279 cm³/mol. The summed E-state index contributed by atoms with van der Waals surface area (Å²) in [4.78, 5) is 0. The lowest BCUT2D eigenvalue weighted by Crippen LogP contribution is -2.69. The van der Waals surface area contributed by atoms with Gasteiger partial charge in [-0.25, -0.2) is 0 Å². The van der Waals surface area contributed by atoms with Gasteiger partial charge in [-0.3, -0.25) is 0 Å². The molecule has 4 aromatic rings. The maximum atomic E-state index is 2.44. The fourth-order valence-electron chi connectivity index (χ4n) is 9.66. The van der Waals surface area contributed by atoms with Gasteiger partial charge >= 0.3 is 0 Å². The van der Waals surface area contributed by atoms with Gasteiger partial charge in [0.15, 0.2) is 0 Å². The molecule has 0 aliphatic carbocycles. The molecule has 0 atom stereocenters. The SMILES string of the molecule is Bc1c(B)c(B)c(C(c2c(B)c(B)c(B)c(B)c2B)(c2c(B)c(B)c(B)c(B)c2B)c2c(B)c(B)c(B)c(B)c2C(C)(C)C)c(B)c1B. The van der Waals surface area contributed by atoms with E-state index in [-0.39, 0.29) is 5.41 Å². The summed E-state index contributed by atoms with van der Waals surface area (Å²) >= 11 is 0. The van der Waals surface area contributed by atoms with Gasteiger partial charge in [-0.1, -0.05) is 64.5 Å². The van der Waals surface area contributed by atoms with Crippen LogP contribution in [0.1, 0.15) is 48.6 Å². The number of rotatable bonds is 4. The van der Waals surface area contributed by atoms with Gasteiger partial charge in [0, 0.05) is 0 Å². The molecule has 0 saturated heterocycles. The molecule has 19 heteroatoms. The van der Waals surface area contributed by atoms with Crippen molar-refractivity contribution >= 4 is 253 Å². The van der Waals surface area contributed by atoms with Crippen LogP contribution in [0.15, 0.2) is 0 Å². The van der Waals surface area contributed by atoms with E-state index in [1.165, 1.54) is 132 Å². The Labute approximate surface area is 310 Å². The molecule has 0 radical (unpaired) electrons. The van der Waals surface area contributed by atoms with Gasteiger partial charge in [-0.15, -0.1) is 60.1 Å². The van der Waals surface area contributed by atoms with Crippen LogP contribution in [0, 0.1) is 0 Å². The van der Waals surface area contributed by atoms with Crippen LogP contribution in [0.2, 0.25) is 0 Å². The minimum Gasteiger partial charge on any atom is -0.102 e. The highest BCUT2D eigenvalue weighted by Gasteiger charge is 2.48. The first-order valence-electron chi connectivity index (χ1n) is 18.2. The van der Waals surface area contributed by atoms with Crippen LogP contribution in [-0.2, 0) is 10.8 Å². The van der Waals surface area contributed by atoms with Crippen molar-refractivity contribution in [3.8, 4) is 0 Å². The summed E-state index contributed by atoms with van der Waals surface area (Å²) in [5.41, 5.74) is 33.9. The monoisotopic (exact) mass is 605 g/mol. The van der Waals surface area contributed by atoms with Crippen molar-refractivity contribution in [2.75, 3.05) is 0 Å². The Morgan fingerprint density at radius 2 is 0.354 bits per heavy atom. The van der Waals surface area contributed by atoms with Crippen LogP contribution in [0.4, 0.5) is 0 Å². The highest BCUT2D eigenvalue weighted by Crippen LogP contribution is 2.43. The number of benzene rings is 4. The Morgan fingerprint density at radius 1 is 0.208 bits per heavy atom. The van der Waals surface area contributed by atoms with E-state index >= 15 is 0 Å². The molecule has 0 nitrogen and oxygen atoms in total. The molecule has 0 aliphatic heterocycles. The highest BCUT2D eigenvalue weighted by molar-refractivity contribution is 6.71. The van der Waals surface area contributed by atoms with Gasteiger partial charge in [0.25, 0.3) is 0 Å². The van der Waals surface area contributed by atoms with E-state index in [4.69, 9.17) is 0 Å². The molecule has 220 valence electrons. The van der Waals surface area contributed by atoms with Crippen molar-refractivity contribution in [3.05, 3.63) is 27.8 Å². The van der Waals surface area contributed by atoms with Crippen molar-refractivity contribution < 1.29 is 0 Å². The Kier molecular flexibility index (Phi) is 10.6. The van der Waals surface area contributed by atoms with E-state index in [0.717, 1.165) is 0 Å². The van der Waals surface area contributed by atoms with Gasteiger partial charge in [0.2, 0.25) is 0 Å². The topological polar surface area (TPSA) is 0 Å². The molecular weight excluding hydrogens is 554 g/mol. The van der Waals surface area contributed by atoms with Crippen molar-refractivity contribution in [3.63, 3.8) is 0 Å². The van der Waals surface area contributed by atoms with E-state index in [2.05, 4.69) is 170 Å². The Morgan fingerprint density at radius 3 is 0.542 bits per heavy atom. The zero-order valence-corrected chi connectivity index (χ0v) is 35.0. The summed E-state index contributed by atoms with van der Waals surface area (Å²) in [7, 11) is 45.3. The fourth-order valence-corrected chi connectivity index (χ4v) is 9.66. The lowest BCUT2D eigenvalue weighted by molar-refractivity contribution is 0.577. The van der Waals surface area contributed by atoms with Crippen LogP contribution in [-0.4, -0.2) is 149 Å². The largest absolute Gasteiger partial charge is 0.138 e. The predicted octanol–water partition coefficient (Wildman–Crippen LogP) is -25.7. The highest BCUT2D eigenvalue weighted by atomic mass is 14.5. The molecule has 0 bridgehead atoms. The first kappa shape index (κ1) is 38.9. The summed E-state index contributed by atoms with van der Waals surface area (Å²) in [5.74, 6) is 0. The van der Waals surface area contributed by atoms with Gasteiger partial charge in [0.05, 0.1) is 5.41 Å². The second-order valence-electron chi connectivity index (χ2n) is 16.8. The molecule has 48 heavy (non-hydrogen) atoms. The smallest absolute Gasteiger partial charge is 0.102 e. The lowest BCUT2D eigenvalue weighted by atomic mass is 9.43. The zero-order valence-electron chi connectivity index (χ0n) is 35.0. The molecule has 0 saturated carbocycles. The summed E-state index contributed by atoms with van der Waals surface area (Å²) in [6.07, 6.45) is 0. The third kappa shape index (κ3) is 5.32. The molecule has 4 rings (SSSR count). The van der Waals surface area contributed by atoms with E-state index in [1.807, 2.05) is 0 Å². The van der Waals surface area contributed by atoms with Crippen molar-refractivity contribution in [1.82, 2.24) is 0 Å². The standard InChI is InChI=1S/C29H47B19/c1-28(2,3)4-5(10(31)18(39)17(38)9(4)30)29(6-11(32)19(40)25(46)20(41)12(6)33,7-13(34)21(42)26(47)22(43)14(7)35)8-15(36)23(44)27(48)24(45)16(8)37/h30-48H2,1-3H3. The summed E-state index contributed by atoms with van der Waals surface area (Å²) in [6, 6.07) is 0. The molecule has 0 amide bonds.